The molecule has 0 fully saturated rings. The Bertz CT molecular complexity index is 3090. The molecule has 250 valence electrons. The lowest BCUT2D eigenvalue weighted by molar-refractivity contribution is 1.12. The van der Waals surface area contributed by atoms with Crippen molar-refractivity contribution >= 4 is 54.4 Å². The highest BCUT2D eigenvalue weighted by molar-refractivity contribution is 6.17. The van der Waals surface area contributed by atoms with Crippen molar-refractivity contribution in [3.8, 4) is 56.4 Å². The summed E-state index contributed by atoms with van der Waals surface area (Å²) in [7, 11) is 0. The Kier molecular flexibility index (Phi) is 6.02. The minimum absolute atomic E-state index is 0.696. The molecule has 0 atom stereocenters. The SMILES string of the molecule is c1ccc(-c2nc(-c3cc(-n4c5ccccc5c5ccccc54)cc(-n4c5ccccc5c5ccccc54)c3)nc3c2-c2cccc4cccc-3c24)cc1. The van der Waals surface area contributed by atoms with Gasteiger partial charge in [-0.15, -0.1) is 0 Å². The third kappa shape index (κ3) is 4.08. The summed E-state index contributed by atoms with van der Waals surface area (Å²) in [5.41, 5.74) is 14.1. The Morgan fingerprint density at radius 3 is 1.35 bits per heavy atom. The van der Waals surface area contributed by atoms with Gasteiger partial charge in [-0.2, -0.15) is 0 Å². The number of aromatic nitrogens is 4. The van der Waals surface area contributed by atoms with Crippen LogP contribution >= 0.6 is 0 Å². The number of benzene rings is 8. The number of rotatable bonds is 4. The molecule has 12 rings (SSSR count). The van der Waals surface area contributed by atoms with Crippen molar-refractivity contribution in [3.63, 3.8) is 0 Å². The van der Waals surface area contributed by atoms with Gasteiger partial charge in [0.05, 0.1) is 33.5 Å². The van der Waals surface area contributed by atoms with Crippen LogP contribution in [0, 0.1) is 0 Å². The molecule has 0 spiro atoms. The summed E-state index contributed by atoms with van der Waals surface area (Å²) in [5.74, 6) is 0.696. The fourth-order valence-corrected chi connectivity index (χ4v) is 8.98. The first-order valence-electron chi connectivity index (χ1n) is 18.4. The van der Waals surface area contributed by atoms with Crippen LogP contribution in [0.4, 0.5) is 0 Å². The molecule has 0 N–H and O–H groups in total. The molecule has 1 aliphatic rings. The summed E-state index contributed by atoms with van der Waals surface area (Å²) in [4.78, 5) is 11.0. The Morgan fingerprint density at radius 2 is 0.815 bits per heavy atom. The van der Waals surface area contributed by atoms with E-state index in [1.807, 2.05) is 0 Å². The second-order valence-electron chi connectivity index (χ2n) is 14.2. The maximum Gasteiger partial charge on any atom is 0.160 e. The molecule has 8 aromatic carbocycles. The van der Waals surface area contributed by atoms with Gasteiger partial charge in [0.15, 0.2) is 5.82 Å². The fourth-order valence-electron chi connectivity index (χ4n) is 8.98. The Balaban J connectivity index is 1.21. The van der Waals surface area contributed by atoms with Crippen molar-refractivity contribution in [2.75, 3.05) is 0 Å². The molecule has 0 unspecified atom stereocenters. The molecule has 0 saturated heterocycles. The molecule has 1 aliphatic carbocycles. The molecule has 0 bridgehead atoms. The number of nitrogens with zero attached hydrogens (tertiary/aromatic N) is 4. The highest BCUT2D eigenvalue weighted by atomic mass is 15.0. The first-order chi connectivity index (χ1) is 26.8. The normalized spacial score (nSPS) is 12.1. The Morgan fingerprint density at radius 1 is 0.352 bits per heavy atom. The van der Waals surface area contributed by atoms with E-state index in [0.717, 1.165) is 67.1 Å². The molecule has 0 radical (unpaired) electrons. The third-order valence-electron chi connectivity index (χ3n) is 11.2. The van der Waals surface area contributed by atoms with Gasteiger partial charge in [-0.25, -0.2) is 9.97 Å². The van der Waals surface area contributed by atoms with Gasteiger partial charge in [-0.3, -0.25) is 0 Å². The van der Waals surface area contributed by atoms with E-state index >= 15 is 0 Å². The zero-order chi connectivity index (χ0) is 35.3. The molecular weight excluding hydrogens is 657 g/mol. The van der Waals surface area contributed by atoms with Crippen molar-refractivity contribution in [1.82, 2.24) is 19.1 Å². The topological polar surface area (TPSA) is 35.6 Å². The van der Waals surface area contributed by atoms with Crippen LogP contribution in [0.15, 0.2) is 182 Å². The standard InChI is InChI=1S/C50H30N4/c1-2-14-32(15-3-1)48-47-40-22-12-16-31-17-13-23-41(46(31)40)49(47)52-50(51-48)33-28-34(53-42-24-8-4-18-36(42)37-19-5-9-25-43(37)53)30-35(29-33)54-44-26-10-6-20-38(44)39-21-7-11-27-45(39)54/h1-30H. The zero-order valence-electron chi connectivity index (χ0n) is 29.1. The summed E-state index contributed by atoms with van der Waals surface area (Å²) in [6, 6.07) is 65.3. The number of fused-ring (bicyclic) bond motifs is 9. The average molecular weight is 687 g/mol. The maximum atomic E-state index is 5.52. The van der Waals surface area contributed by atoms with Crippen LogP contribution in [0.25, 0.3) is 111 Å². The maximum absolute atomic E-state index is 5.52. The lowest BCUT2D eigenvalue weighted by Crippen LogP contribution is -2.02. The average Bonchev–Trinajstić information content (AvgIpc) is 3.88. The van der Waals surface area contributed by atoms with E-state index < -0.39 is 0 Å². The van der Waals surface area contributed by atoms with Crippen molar-refractivity contribution in [3.05, 3.63) is 182 Å². The van der Waals surface area contributed by atoms with Crippen LogP contribution in [0.1, 0.15) is 0 Å². The first-order valence-corrected chi connectivity index (χ1v) is 18.4. The monoisotopic (exact) mass is 686 g/mol. The summed E-state index contributed by atoms with van der Waals surface area (Å²) >= 11 is 0. The van der Waals surface area contributed by atoms with Gasteiger partial charge in [0.2, 0.25) is 0 Å². The Labute approximate surface area is 310 Å². The van der Waals surface area contributed by atoms with Gasteiger partial charge in [0.1, 0.15) is 0 Å². The van der Waals surface area contributed by atoms with Crippen LogP contribution in [-0.4, -0.2) is 19.1 Å². The first kappa shape index (κ1) is 29.3. The Hall–Kier alpha value is -7.30. The molecule has 11 aromatic rings. The number of hydrogen-bond acceptors (Lipinski definition) is 2. The van der Waals surface area contributed by atoms with Gasteiger partial charge in [-0.1, -0.05) is 140 Å². The predicted molar refractivity (Wildman–Crippen MR) is 224 cm³/mol. The highest BCUT2D eigenvalue weighted by Crippen LogP contribution is 2.50. The van der Waals surface area contributed by atoms with Crippen LogP contribution in [0.3, 0.4) is 0 Å². The van der Waals surface area contributed by atoms with Gasteiger partial charge >= 0.3 is 0 Å². The summed E-state index contributed by atoms with van der Waals surface area (Å²) < 4.78 is 4.79. The predicted octanol–water partition coefficient (Wildman–Crippen LogP) is 12.8. The molecular formula is C50H30N4. The van der Waals surface area contributed by atoms with Crippen molar-refractivity contribution in [2.45, 2.75) is 0 Å². The minimum atomic E-state index is 0.696. The van der Waals surface area contributed by atoms with Gasteiger partial charge in [0, 0.05) is 55.2 Å². The van der Waals surface area contributed by atoms with Crippen LogP contribution < -0.4 is 0 Å². The van der Waals surface area contributed by atoms with Crippen molar-refractivity contribution in [2.24, 2.45) is 0 Å². The second kappa shape index (κ2) is 11.1. The van der Waals surface area contributed by atoms with E-state index in [9.17, 15) is 0 Å². The van der Waals surface area contributed by atoms with E-state index in [0.29, 0.717) is 5.82 Å². The quantitative estimate of drug-likeness (QED) is 0.185. The molecule has 3 heterocycles. The second-order valence-corrected chi connectivity index (χ2v) is 14.2. The van der Waals surface area contributed by atoms with Gasteiger partial charge in [-0.05, 0) is 58.8 Å². The largest absolute Gasteiger partial charge is 0.309 e. The lowest BCUT2D eigenvalue weighted by atomic mass is 9.99. The van der Waals surface area contributed by atoms with Gasteiger partial charge in [0.25, 0.3) is 0 Å². The van der Waals surface area contributed by atoms with Crippen LogP contribution in [-0.2, 0) is 0 Å². The molecule has 4 heteroatoms. The zero-order valence-corrected chi connectivity index (χ0v) is 29.1. The summed E-state index contributed by atoms with van der Waals surface area (Å²) in [5, 5.41) is 7.35. The van der Waals surface area contributed by atoms with Gasteiger partial charge < -0.3 is 9.13 Å². The van der Waals surface area contributed by atoms with E-state index in [1.165, 1.54) is 37.9 Å². The smallest absolute Gasteiger partial charge is 0.160 e. The molecule has 4 nitrogen and oxygen atoms in total. The van der Waals surface area contributed by atoms with Crippen molar-refractivity contribution < 1.29 is 0 Å². The third-order valence-corrected chi connectivity index (χ3v) is 11.2. The summed E-state index contributed by atoms with van der Waals surface area (Å²) in [6.07, 6.45) is 0. The molecule has 54 heavy (non-hydrogen) atoms. The van der Waals surface area contributed by atoms with E-state index in [4.69, 9.17) is 9.97 Å². The minimum Gasteiger partial charge on any atom is -0.309 e. The van der Waals surface area contributed by atoms with E-state index in [2.05, 4.69) is 191 Å². The van der Waals surface area contributed by atoms with Crippen molar-refractivity contribution in [1.29, 1.82) is 0 Å². The molecule has 0 amide bonds. The number of para-hydroxylation sites is 4. The number of hydrogen-bond donors (Lipinski definition) is 0. The lowest BCUT2D eigenvalue weighted by Gasteiger charge is -2.17. The van der Waals surface area contributed by atoms with E-state index in [1.54, 1.807) is 0 Å². The van der Waals surface area contributed by atoms with Crippen LogP contribution in [0.5, 0.6) is 0 Å². The van der Waals surface area contributed by atoms with E-state index in [-0.39, 0.29) is 0 Å². The van der Waals surface area contributed by atoms with Crippen LogP contribution in [0.2, 0.25) is 0 Å². The summed E-state index contributed by atoms with van der Waals surface area (Å²) in [6.45, 7) is 0. The molecule has 0 saturated carbocycles. The molecule has 3 aromatic heterocycles. The fraction of sp³-hybridized carbons (Fsp3) is 0. The molecule has 0 aliphatic heterocycles. The highest BCUT2D eigenvalue weighted by Gasteiger charge is 2.28.